The van der Waals surface area contributed by atoms with Crippen LogP contribution in [0.2, 0.25) is 0 Å². The molecule has 154 valence electrons. The lowest BCUT2D eigenvalue weighted by atomic mass is 9.99. The maximum absolute atomic E-state index is 12.4. The SMILES string of the molecule is C=CC(Cn1cc(OC(=O)Cc2ccccc2)c2ccccc21)(NC(C)=O)C(=O)O. The highest BCUT2D eigenvalue weighted by molar-refractivity contribution is 5.91. The number of carboxylic acids is 1. The quantitative estimate of drug-likeness (QED) is 0.443. The molecule has 1 amide bonds. The minimum absolute atomic E-state index is 0.109. The second-order valence-electron chi connectivity index (χ2n) is 6.94. The van der Waals surface area contributed by atoms with E-state index in [0.29, 0.717) is 16.7 Å². The molecule has 1 atom stereocenters. The van der Waals surface area contributed by atoms with Gasteiger partial charge in [0.05, 0.1) is 18.5 Å². The van der Waals surface area contributed by atoms with Crippen molar-refractivity contribution in [2.75, 3.05) is 0 Å². The fourth-order valence-corrected chi connectivity index (χ4v) is 3.29. The Bertz CT molecular complexity index is 1100. The first-order chi connectivity index (χ1) is 14.3. The van der Waals surface area contributed by atoms with Crippen LogP contribution in [0.5, 0.6) is 5.75 Å². The van der Waals surface area contributed by atoms with Crippen molar-refractivity contribution < 1.29 is 24.2 Å². The molecule has 2 aromatic carbocycles. The Balaban J connectivity index is 1.93. The Morgan fingerprint density at radius 1 is 1.13 bits per heavy atom. The lowest BCUT2D eigenvalue weighted by molar-refractivity contribution is -0.145. The lowest BCUT2D eigenvalue weighted by Crippen LogP contribution is -2.55. The molecule has 7 heteroatoms. The predicted molar refractivity (Wildman–Crippen MR) is 112 cm³/mol. The van der Waals surface area contributed by atoms with Gasteiger partial charge in [-0.05, 0) is 17.7 Å². The number of esters is 1. The first-order valence-electron chi connectivity index (χ1n) is 9.33. The Labute approximate surface area is 173 Å². The maximum atomic E-state index is 12.4. The normalized spacial score (nSPS) is 12.7. The molecule has 3 aromatic rings. The number of rotatable bonds is 8. The first kappa shape index (κ1) is 20.9. The number of fused-ring (bicyclic) bond motifs is 1. The Morgan fingerprint density at radius 3 is 2.43 bits per heavy atom. The van der Waals surface area contributed by atoms with Gasteiger partial charge in [-0.1, -0.05) is 48.5 Å². The fraction of sp³-hybridized carbons (Fsp3) is 0.174. The van der Waals surface area contributed by atoms with Gasteiger partial charge in [-0.3, -0.25) is 9.59 Å². The summed E-state index contributed by atoms with van der Waals surface area (Å²) in [7, 11) is 0. The van der Waals surface area contributed by atoms with Crippen molar-refractivity contribution in [2.24, 2.45) is 0 Å². The molecule has 0 spiro atoms. The number of para-hydroxylation sites is 1. The van der Waals surface area contributed by atoms with Gasteiger partial charge in [0.2, 0.25) is 5.91 Å². The largest absolute Gasteiger partial charge is 0.479 e. The summed E-state index contributed by atoms with van der Waals surface area (Å²) in [4.78, 5) is 36.0. The molecule has 7 nitrogen and oxygen atoms in total. The molecule has 1 unspecified atom stereocenters. The van der Waals surface area contributed by atoms with E-state index in [1.165, 1.54) is 13.0 Å². The highest BCUT2D eigenvalue weighted by atomic mass is 16.5. The van der Waals surface area contributed by atoms with Crippen molar-refractivity contribution in [3.8, 4) is 5.75 Å². The van der Waals surface area contributed by atoms with Gasteiger partial charge in [0, 0.05) is 18.5 Å². The summed E-state index contributed by atoms with van der Waals surface area (Å²) < 4.78 is 7.21. The number of carboxylic acid groups (broad SMARTS) is 1. The van der Waals surface area contributed by atoms with Gasteiger partial charge in [0.25, 0.3) is 0 Å². The smallest absolute Gasteiger partial charge is 0.335 e. The van der Waals surface area contributed by atoms with Gasteiger partial charge in [-0.15, -0.1) is 6.58 Å². The standard InChI is InChI=1S/C23H22N2O5/c1-3-23(22(28)29,24-16(2)26)15-25-14-20(18-11-7-8-12-19(18)25)30-21(27)13-17-9-5-4-6-10-17/h3-12,14H,1,13,15H2,2H3,(H,24,26)(H,28,29). The van der Waals surface area contributed by atoms with Crippen LogP contribution < -0.4 is 10.1 Å². The number of amides is 1. The maximum Gasteiger partial charge on any atom is 0.335 e. The zero-order valence-corrected chi connectivity index (χ0v) is 16.5. The summed E-state index contributed by atoms with van der Waals surface area (Å²) in [6.07, 6.45) is 2.86. The summed E-state index contributed by atoms with van der Waals surface area (Å²) in [5.41, 5.74) is -0.217. The molecule has 0 bridgehead atoms. The van der Waals surface area contributed by atoms with Gasteiger partial charge < -0.3 is 19.7 Å². The highest BCUT2D eigenvalue weighted by Gasteiger charge is 2.37. The number of hydrogen-bond acceptors (Lipinski definition) is 4. The van der Waals surface area contributed by atoms with E-state index in [9.17, 15) is 19.5 Å². The number of aliphatic carboxylic acids is 1. The second kappa shape index (κ2) is 8.65. The van der Waals surface area contributed by atoms with Gasteiger partial charge in [0.1, 0.15) is 0 Å². The van der Waals surface area contributed by atoms with Crippen LogP contribution in [0.4, 0.5) is 0 Å². The van der Waals surface area contributed by atoms with Crippen LogP contribution in [-0.2, 0) is 27.3 Å². The molecule has 0 aliphatic carbocycles. The number of carbonyl (C=O) groups is 3. The number of carbonyl (C=O) groups excluding carboxylic acids is 2. The van der Waals surface area contributed by atoms with E-state index in [0.717, 1.165) is 5.56 Å². The van der Waals surface area contributed by atoms with Crippen LogP contribution in [-0.4, -0.2) is 33.1 Å². The topological polar surface area (TPSA) is 97.6 Å². The molecule has 0 saturated carbocycles. The average Bonchev–Trinajstić information content (AvgIpc) is 3.04. The van der Waals surface area contributed by atoms with Gasteiger partial charge in [-0.2, -0.15) is 0 Å². The van der Waals surface area contributed by atoms with E-state index in [-0.39, 0.29) is 13.0 Å². The van der Waals surface area contributed by atoms with E-state index < -0.39 is 23.4 Å². The molecule has 0 aliphatic heterocycles. The molecule has 1 aromatic heterocycles. The number of hydrogen-bond donors (Lipinski definition) is 2. The minimum Gasteiger partial charge on any atom is -0.479 e. The van der Waals surface area contributed by atoms with Crippen LogP contribution >= 0.6 is 0 Å². The summed E-state index contributed by atoms with van der Waals surface area (Å²) in [5, 5.41) is 12.8. The number of aromatic nitrogens is 1. The Morgan fingerprint density at radius 2 is 1.80 bits per heavy atom. The summed E-state index contributed by atoms with van der Waals surface area (Å²) in [6, 6.07) is 16.4. The second-order valence-corrected chi connectivity index (χ2v) is 6.94. The lowest BCUT2D eigenvalue weighted by Gasteiger charge is -2.27. The molecular weight excluding hydrogens is 384 g/mol. The van der Waals surface area contributed by atoms with E-state index in [4.69, 9.17) is 4.74 Å². The van der Waals surface area contributed by atoms with E-state index >= 15 is 0 Å². The molecule has 0 aliphatic rings. The van der Waals surface area contributed by atoms with Crippen LogP contribution in [0, 0.1) is 0 Å². The van der Waals surface area contributed by atoms with Gasteiger partial charge in [-0.25, -0.2) is 4.79 Å². The molecular formula is C23H22N2O5. The monoisotopic (exact) mass is 406 g/mol. The van der Waals surface area contributed by atoms with Crippen LogP contribution in [0.25, 0.3) is 10.9 Å². The zero-order valence-electron chi connectivity index (χ0n) is 16.5. The van der Waals surface area contributed by atoms with Crippen molar-refractivity contribution >= 4 is 28.7 Å². The third-order valence-electron chi connectivity index (χ3n) is 4.72. The van der Waals surface area contributed by atoms with Crippen LogP contribution in [0.3, 0.4) is 0 Å². The zero-order chi connectivity index (χ0) is 21.7. The number of benzene rings is 2. The molecule has 0 fully saturated rings. The first-order valence-corrected chi connectivity index (χ1v) is 9.33. The molecule has 0 saturated heterocycles. The summed E-state index contributed by atoms with van der Waals surface area (Å²) in [6.45, 7) is 4.71. The molecule has 30 heavy (non-hydrogen) atoms. The van der Waals surface area contributed by atoms with Crippen molar-refractivity contribution in [3.05, 3.63) is 79.0 Å². The third-order valence-corrected chi connectivity index (χ3v) is 4.72. The van der Waals surface area contributed by atoms with Crippen LogP contribution in [0.15, 0.2) is 73.4 Å². The molecule has 2 N–H and O–H groups in total. The van der Waals surface area contributed by atoms with Gasteiger partial charge in [0.15, 0.2) is 11.3 Å². The Hall–Kier alpha value is -3.87. The van der Waals surface area contributed by atoms with Crippen molar-refractivity contribution in [1.29, 1.82) is 0 Å². The van der Waals surface area contributed by atoms with Crippen molar-refractivity contribution in [3.63, 3.8) is 0 Å². The predicted octanol–water partition coefficient (Wildman–Crippen LogP) is 2.93. The summed E-state index contributed by atoms with van der Waals surface area (Å²) in [5.74, 6) is -1.85. The molecule has 1 heterocycles. The summed E-state index contributed by atoms with van der Waals surface area (Å²) >= 11 is 0. The van der Waals surface area contributed by atoms with Crippen molar-refractivity contribution in [2.45, 2.75) is 25.4 Å². The van der Waals surface area contributed by atoms with Gasteiger partial charge >= 0.3 is 11.9 Å². The minimum atomic E-state index is -1.71. The Kier molecular flexibility index (Phi) is 6.01. The number of nitrogens with zero attached hydrogens (tertiary/aromatic N) is 1. The third kappa shape index (κ3) is 4.41. The fourth-order valence-electron chi connectivity index (χ4n) is 3.29. The van der Waals surface area contributed by atoms with E-state index in [1.54, 1.807) is 35.0 Å². The average molecular weight is 406 g/mol. The number of nitrogens with one attached hydrogen (secondary N) is 1. The highest BCUT2D eigenvalue weighted by Crippen LogP contribution is 2.30. The van der Waals surface area contributed by atoms with Crippen molar-refractivity contribution in [1.82, 2.24) is 9.88 Å². The van der Waals surface area contributed by atoms with Crippen LogP contribution in [0.1, 0.15) is 12.5 Å². The number of ether oxygens (including phenoxy) is 1. The molecule has 0 radical (unpaired) electrons. The van der Waals surface area contributed by atoms with E-state index in [1.807, 2.05) is 30.3 Å². The van der Waals surface area contributed by atoms with E-state index in [2.05, 4.69) is 11.9 Å². The molecule has 3 rings (SSSR count).